The van der Waals surface area contributed by atoms with Crippen molar-refractivity contribution in [2.75, 3.05) is 6.61 Å². The first kappa shape index (κ1) is 13.3. The van der Waals surface area contributed by atoms with E-state index < -0.39 is 0 Å². The van der Waals surface area contributed by atoms with Crippen molar-refractivity contribution < 1.29 is 9.53 Å². The number of rotatable bonds is 2. The summed E-state index contributed by atoms with van der Waals surface area (Å²) in [6.45, 7) is 11.0. The molecule has 0 saturated heterocycles. The lowest BCUT2D eigenvalue weighted by Crippen LogP contribution is -2.25. The van der Waals surface area contributed by atoms with Crippen LogP contribution in [0.4, 0.5) is 0 Å². The van der Waals surface area contributed by atoms with Crippen LogP contribution >= 0.6 is 0 Å². The van der Waals surface area contributed by atoms with Gasteiger partial charge in [0.1, 0.15) is 0 Å². The largest absolute Gasteiger partial charge is 0.463 e. The van der Waals surface area contributed by atoms with Gasteiger partial charge in [-0.3, -0.25) is 0 Å². The second kappa shape index (κ2) is 5.03. The predicted molar refractivity (Wildman–Crippen MR) is 66.1 cm³/mol. The Kier molecular flexibility index (Phi) is 4.17. The molecule has 0 bridgehead atoms. The molecule has 0 heterocycles. The highest BCUT2D eigenvalue weighted by molar-refractivity contribution is 5.88. The van der Waals surface area contributed by atoms with E-state index >= 15 is 0 Å². The molecule has 0 aromatic rings. The lowest BCUT2D eigenvalue weighted by molar-refractivity contribution is -0.138. The quantitative estimate of drug-likeness (QED) is 0.528. The van der Waals surface area contributed by atoms with E-state index in [4.69, 9.17) is 4.74 Å². The molecular formula is C14H24O2. The van der Waals surface area contributed by atoms with Gasteiger partial charge in [-0.05, 0) is 44.4 Å². The molecule has 0 amide bonds. The topological polar surface area (TPSA) is 26.3 Å². The number of carbonyl (C=O) groups is 1. The van der Waals surface area contributed by atoms with E-state index in [1.807, 2.05) is 13.8 Å². The Morgan fingerprint density at radius 2 is 2.12 bits per heavy atom. The summed E-state index contributed by atoms with van der Waals surface area (Å²) >= 11 is 0. The van der Waals surface area contributed by atoms with Crippen molar-refractivity contribution in [3.05, 3.63) is 11.1 Å². The molecule has 92 valence electrons. The molecule has 0 aliphatic heterocycles. The van der Waals surface area contributed by atoms with Crippen LogP contribution in [0.15, 0.2) is 11.1 Å². The molecule has 0 aromatic heterocycles. The summed E-state index contributed by atoms with van der Waals surface area (Å²) in [7, 11) is 0. The minimum Gasteiger partial charge on any atom is -0.463 e. The van der Waals surface area contributed by atoms with Crippen molar-refractivity contribution in [3.8, 4) is 0 Å². The number of hydrogen-bond donors (Lipinski definition) is 0. The van der Waals surface area contributed by atoms with E-state index in [1.165, 1.54) is 18.4 Å². The van der Waals surface area contributed by atoms with Crippen LogP contribution in [0.5, 0.6) is 0 Å². The zero-order chi connectivity index (χ0) is 12.3. The van der Waals surface area contributed by atoms with E-state index in [2.05, 4.69) is 20.8 Å². The van der Waals surface area contributed by atoms with Crippen molar-refractivity contribution >= 4 is 5.97 Å². The SMILES string of the molecule is CCOC(=O)C(C)=C1CCC(C)(C)CC1C. The van der Waals surface area contributed by atoms with Crippen LogP contribution in [-0.4, -0.2) is 12.6 Å². The van der Waals surface area contributed by atoms with Gasteiger partial charge in [0, 0.05) is 5.57 Å². The molecule has 1 aliphatic carbocycles. The number of carbonyl (C=O) groups excluding carboxylic acids is 1. The van der Waals surface area contributed by atoms with Crippen molar-refractivity contribution in [1.82, 2.24) is 0 Å². The third-order valence-electron chi connectivity index (χ3n) is 3.59. The van der Waals surface area contributed by atoms with E-state index in [-0.39, 0.29) is 5.97 Å². The van der Waals surface area contributed by atoms with Gasteiger partial charge in [0.15, 0.2) is 0 Å². The third-order valence-corrected chi connectivity index (χ3v) is 3.59. The highest BCUT2D eigenvalue weighted by Gasteiger charge is 2.30. The van der Waals surface area contributed by atoms with Gasteiger partial charge in [-0.1, -0.05) is 26.3 Å². The molecular weight excluding hydrogens is 200 g/mol. The molecule has 1 fully saturated rings. The van der Waals surface area contributed by atoms with Gasteiger partial charge >= 0.3 is 5.97 Å². The fourth-order valence-corrected chi connectivity index (χ4v) is 2.70. The van der Waals surface area contributed by atoms with Gasteiger partial charge in [-0.15, -0.1) is 0 Å². The summed E-state index contributed by atoms with van der Waals surface area (Å²) in [4.78, 5) is 11.7. The second-order valence-electron chi connectivity index (χ2n) is 5.64. The summed E-state index contributed by atoms with van der Waals surface area (Å²) in [5, 5.41) is 0. The third kappa shape index (κ3) is 3.10. The zero-order valence-corrected chi connectivity index (χ0v) is 11.2. The number of hydrogen-bond acceptors (Lipinski definition) is 2. The second-order valence-corrected chi connectivity index (χ2v) is 5.64. The van der Waals surface area contributed by atoms with Crippen LogP contribution in [0.2, 0.25) is 0 Å². The van der Waals surface area contributed by atoms with Crippen molar-refractivity contribution in [3.63, 3.8) is 0 Å². The fraction of sp³-hybridized carbons (Fsp3) is 0.786. The van der Waals surface area contributed by atoms with Crippen LogP contribution in [0.1, 0.15) is 53.9 Å². The van der Waals surface area contributed by atoms with Crippen molar-refractivity contribution in [2.24, 2.45) is 11.3 Å². The molecule has 1 rings (SSSR count). The summed E-state index contributed by atoms with van der Waals surface area (Å²) in [5.74, 6) is 0.372. The lowest BCUT2D eigenvalue weighted by Gasteiger charge is -2.36. The summed E-state index contributed by atoms with van der Waals surface area (Å²) in [5.41, 5.74) is 2.56. The maximum Gasteiger partial charge on any atom is 0.333 e. The Bertz CT molecular complexity index is 300. The maximum absolute atomic E-state index is 11.7. The van der Waals surface area contributed by atoms with Crippen LogP contribution in [0.25, 0.3) is 0 Å². The van der Waals surface area contributed by atoms with Gasteiger partial charge in [-0.2, -0.15) is 0 Å². The van der Waals surface area contributed by atoms with E-state index in [9.17, 15) is 4.79 Å². The Morgan fingerprint density at radius 1 is 1.50 bits per heavy atom. The van der Waals surface area contributed by atoms with Gasteiger partial charge in [0.2, 0.25) is 0 Å². The molecule has 16 heavy (non-hydrogen) atoms. The molecule has 1 saturated carbocycles. The van der Waals surface area contributed by atoms with Gasteiger partial charge < -0.3 is 4.74 Å². The maximum atomic E-state index is 11.7. The van der Waals surface area contributed by atoms with E-state index in [1.54, 1.807) is 0 Å². The van der Waals surface area contributed by atoms with E-state index in [0.29, 0.717) is 17.9 Å². The highest BCUT2D eigenvalue weighted by Crippen LogP contribution is 2.42. The molecule has 0 aromatic carbocycles. The summed E-state index contributed by atoms with van der Waals surface area (Å²) in [6.07, 6.45) is 3.38. The van der Waals surface area contributed by atoms with E-state index in [0.717, 1.165) is 12.0 Å². The molecule has 0 N–H and O–H groups in total. The minimum atomic E-state index is -0.135. The van der Waals surface area contributed by atoms with Crippen LogP contribution in [-0.2, 0) is 9.53 Å². The molecule has 2 nitrogen and oxygen atoms in total. The Morgan fingerprint density at radius 3 is 2.62 bits per heavy atom. The molecule has 1 aliphatic rings. The number of ether oxygens (including phenoxy) is 1. The molecule has 1 atom stereocenters. The van der Waals surface area contributed by atoms with Crippen molar-refractivity contribution in [2.45, 2.75) is 53.9 Å². The van der Waals surface area contributed by atoms with Gasteiger partial charge in [-0.25, -0.2) is 4.79 Å². The molecule has 0 spiro atoms. The number of allylic oxidation sites excluding steroid dienone is 1. The predicted octanol–water partition coefficient (Wildman–Crippen LogP) is 3.71. The fourth-order valence-electron chi connectivity index (χ4n) is 2.70. The van der Waals surface area contributed by atoms with Crippen LogP contribution < -0.4 is 0 Å². The Balaban J connectivity index is 2.80. The lowest BCUT2D eigenvalue weighted by atomic mass is 9.69. The molecule has 1 unspecified atom stereocenters. The first-order valence-electron chi connectivity index (χ1n) is 6.24. The van der Waals surface area contributed by atoms with Crippen LogP contribution in [0.3, 0.4) is 0 Å². The first-order valence-corrected chi connectivity index (χ1v) is 6.24. The molecule has 0 radical (unpaired) electrons. The standard InChI is InChI=1S/C14H24O2/c1-6-16-13(15)11(3)12-7-8-14(4,5)9-10(12)2/h10H,6-9H2,1-5H3. The highest BCUT2D eigenvalue weighted by atomic mass is 16.5. The number of esters is 1. The smallest absolute Gasteiger partial charge is 0.333 e. The monoisotopic (exact) mass is 224 g/mol. The Labute approximate surface area is 99.1 Å². The minimum absolute atomic E-state index is 0.135. The average molecular weight is 224 g/mol. The average Bonchev–Trinajstić information content (AvgIpc) is 2.16. The summed E-state index contributed by atoms with van der Waals surface area (Å²) in [6, 6.07) is 0. The van der Waals surface area contributed by atoms with Gasteiger partial charge in [0.25, 0.3) is 0 Å². The Hall–Kier alpha value is -0.790. The van der Waals surface area contributed by atoms with Crippen LogP contribution in [0, 0.1) is 11.3 Å². The van der Waals surface area contributed by atoms with Gasteiger partial charge in [0.05, 0.1) is 6.61 Å². The normalized spacial score (nSPS) is 27.4. The van der Waals surface area contributed by atoms with Crippen molar-refractivity contribution in [1.29, 1.82) is 0 Å². The zero-order valence-electron chi connectivity index (χ0n) is 11.2. The molecule has 2 heteroatoms. The first-order chi connectivity index (χ1) is 7.37. The summed E-state index contributed by atoms with van der Waals surface area (Å²) < 4.78 is 5.06.